The van der Waals surface area contributed by atoms with Gasteiger partial charge in [0.15, 0.2) is 0 Å². The van der Waals surface area contributed by atoms with Gasteiger partial charge in [-0.15, -0.1) is 0 Å². The van der Waals surface area contributed by atoms with Crippen molar-refractivity contribution in [2.75, 3.05) is 19.7 Å². The summed E-state index contributed by atoms with van der Waals surface area (Å²) < 4.78 is 5.15. The first-order chi connectivity index (χ1) is 11.6. The van der Waals surface area contributed by atoms with E-state index in [4.69, 9.17) is 4.52 Å². The van der Waals surface area contributed by atoms with Gasteiger partial charge in [-0.3, -0.25) is 9.78 Å². The van der Waals surface area contributed by atoms with Gasteiger partial charge in [0.25, 0.3) is 0 Å². The number of aryl methyl sites for hydroxylation is 2. The molecule has 0 bridgehead atoms. The molecule has 128 valence electrons. The molecule has 1 N–H and O–H groups in total. The Labute approximate surface area is 141 Å². The van der Waals surface area contributed by atoms with E-state index >= 15 is 0 Å². The minimum atomic E-state index is 0.0444. The lowest BCUT2D eigenvalue weighted by molar-refractivity contribution is -0.130. The highest BCUT2D eigenvalue weighted by molar-refractivity contribution is 5.77. The highest BCUT2D eigenvalue weighted by Gasteiger charge is 2.36. The van der Waals surface area contributed by atoms with E-state index < -0.39 is 0 Å². The van der Waals surface area contributed by atoms with Crippen LogP contribution in [0.1, 0.15) is 35.1 Å². The van der Waals surface area contributed by atoms with Gasteiger partial charge in [-0.25, -0.2) is 0 Å². The molecule has 0 unspecified atom stereocenters. The van der Waals surface area contributed by atoms with Crippen molar-refractivity contribution in [1.29, 1.82) is 0 Å². The Morgan fingerprint density at radius 1 is 1.38 bits per heavy atom. The van der Waals surface area contributed by atoms with Crippen molar-refractivity contribution in [3.63, 3.8) is 0 Å². The van der Waals surface area contributed by atoms with Crippen LogP contribution in [0.25, 0.3) is 0 Å². The number of amides is 1. The van der Waals surface area contributed by atoms with Crippen LogP contribution in [0.4, 0.5) is 0 Å². The summed E-state index contributed by atoms with van der Waals surface area (Å²) in [4.78, 5) is 18.8. The Balaban J connectivity index is 1.64. The summed E-state index contributed by atoms with van der Waals surface area (Å²) >= 11 is 0. The highest BCUT2D eigenvalue weighted by Crippen LogP contribution is 2.31. The molecule has 1 fully saturated rings. The third kappa shape index (κ3) is 3.33. The molecule has 0 aliphatic carbocycles. The van der Waals surface area contributed by atoms with Crippen LogP contribution in [-0.2, 0) is 11.2 Å². The van der Waals surface area contributed by atoms with Crippen LogP contribution < -0.4 is 0 Å². The van der Waals surface area contributed by atoms with E-state index in [1.54, 1.807) is 6.20 Å². The number of hydrogen-bond acceptors (Lipinski definition) is 5. The normalized spacial score (nSPS) is 20.5. The average molecular weight is 329 g/mol. The number of hydrogen-bond donors (Lipinski definition) is 1. The van der Waals surface area contributed by atoms with E-state index in [1.165, 1.54) is 0 Å². The predicted octanol–water partition coefficient (Wildman–Crippen LogP) is 1.85. The summed E-state index contributed by atoms with van der Waals surface area (Å²) in [6.45, 7) is 5.02. The number of likely N-dealkylation sites (tertiary alicyclic amines) is 1. The third-order valence-electron chi connectivity index (χ3n) is 4.87. The van der Waals surface area contributed by atoms with Crippen LogP contribution in [0.5, 0.6) is 0 Å². The number of carbonyl (C=O) groups excluding carboxylic acids is 1. The molecule has 1 aliphatic rings. The van der Waals surface area contributed by atoms with Crippen LogP contribution in [0.3, 0.4) is 0 Å². The molecule has 6 heteroatoms. The van der Waals surface area contributed by atoms with Crippen molar-refractivity contribution in [1.82, 2.24) is 15.0 Å². The van der Waals surface area contributed by atoms with Gasteiger partial charge in [-0.2, -0.15) is 0 Å². The Hall–Kier alpha value is -2.21. The minimum Gasteiger partial charge on any atom is -0.396 e. The fourth-order valence-corrected chi connectivity index (χ4v) is 3.44. The van der Waals surface area contributed by atoms with Gasteiger partial charge in [-0.05, 0) is 32.4 Å². The summed E-state index contributed by atoms with van der Waals surface area (Å²) in [7, 11) is 0. The maximum atomic E-state index is 12.6. The number of nitrogens with zero attached hydrogens (tertiary/aromatic N) is 3. The predicted molar refractivity (Wildman–Crippen MR) is 88.4 cm³/mol. The second kappa shape index (κ2) is 7.13. The summed E-state index contributed by atoms with van der Waals surface area (Å²) in [5, 5.41) is 13.6. The maximum absolute atomic E-state index is 12.6. The molecule has 1 amide bonds. The summed E-state index contributed by atoms with van der Waals surface area (Å²) in [5.41, 5.74) is 2.81. The summed E-state index contributed by atoms with van der Waals surface area (Å²) in [6.07, 6.45) is 2.82. The molecule has 2 atom stereocenters. The van der Waals surface area contributed by atoms with Crippen LogP contribution in [0, 0.1) is 19.8 Å². The lowest BCUT2D eigenvalue weighted by Gasteiger charge is -2.16. The molecule has 3 rings (SSSR count). The number of aliphatic hydroxyl groups is 1. The van der Waals surface area contributed by atoms with Gasteiger partial charge in [-0.1, -0.05) is 11.2 Å². The highest BCUT2D eigenvalue weighted by atomic mass is 16.5. The smallest absolute Gasteiger partial charge is 0.222 e. The van der Waals surface area contributed by atoms with E-state index in [0.29, 0.717) is 25.9 Å². The monoisotopic (exact) mass is 329 g/mol. The average Bonchev–Trinajstić information content (AvgIpc) is 3.17. The molecule has 6 nitrogen and oxygen atoms in total. The van der Waals surface area contributed by atoms with Crippen LogP contribution in [-0.4, -0.2) is 45.8 Å². The fourth-order valence-electron chi connectivity index (χ4n) is 3.44. The van der Waals surface area contributed by atoms with E-state index in [9.17, 15) is 9.90 Å². The second-order valence-electron chi connectivity index (χ2n) is 6.41. The first-order valence-electron chi connectivity index (χ1n) is 8.31. The zero-order valence-electron chi connectivity index (χ0n) is 14.1. The Morgan fingerprint density at radius 3 is 2.83 bits per heavy atom. The van der Waals surface area contributed by atoms with Crippen molar-refractivity contribution in [3.8, 4) is 0 Å². The van der Waals surface area contributed by atoms with E-state index in [1.807, 2.05) is 36.9 Å². The van der Waals surface area contributed by atoms with E-state index in [-0.39, 0.29) is 24.3 Å². The molecule has 0 spiro atoms. The van der Waals surface area contributed by atoms with Crippen molar-refractivity contribution < 1.29 is 14.4 Å². The molecule has 1 aliphatic heterocycles. The largest absolute Gasteiger partial charge is 0.396 e. The molecule has 1 saturated heterocycles. The van der Waals surface area contributed by atoms with E-state index in [2.05, 4.69) is 10.1 Å². The van der Waals surface area contributed by atoms with Crippen molar-refractivity contribution in [2.24, 2.45) is 5.92 Å². The van der Waals surface area contributed by atoms with Crippen LogP contribution in [0.15, 0.2) is 28.9 Å². The Bertz CT molecular complexity index is 679. The van der Waals surface area contributed by atoms with Crippen molar-refractivity contribution in [2.45, 2.75) is 32.6 Å². The molecule has 24 heavy (non-hydrogen) atoms. The van der Waals surface area contributed by atoms with Crippen LogP contribution >= 0.6 is 0 Å². The molecule has 3 heterocycles. The number of pyridine rings is 1. The first kappa shape index (κ1) is 16.6. The molecule has 2 aromatic rings. The third-order valence-corrected chi connectivity index (χ3v) is 4.87. The topological polar surface area (TPSA) is 79.5 Å². The van der Waals surface area contributed by atoms with Gasteiger partial charge >= 0.3 is 0 Å². The fraction of sp³-hybridized carbons (Fsp3) is 0.500. The molecule has 0 radical (unpaired) electrons. The van der Waals surface area contributed by atoms with Gasteiger partial charge in [0.05, 0.1) is 5.69 Å². The SMILES string of the molecule is Cc1noc(C)c1CCC(=O)N1C[C@@H](CO)[C@H](c2ccccn2)C1. The standard InChI is InChI=1S/C18H23N3O3/c1-12-15(13(2)24-20-12)6-7-18(23)21-9-14(11-22)16(10-21)17-5-3-4-8-19-17/h3-5,8,14,16,22H,6-7,9-11H2,1-2H3/t14-,16+/m0/s1. The quantitative estimate of drug-likeness (QED) is 0.905. The zero-order valence-corrected chi connectivity index (χ0v) is 14.1. The minimum absolute atomic E-state index is 0.0444. The Morgan fingerprint density at radius 2 is 2.21 bits per heavy atom. The number of aliphatic hydroxyl groups excluding tert-OH is 1. The summed E-state index contributed by atoms with van der Waals surface area (Å²) in [6, 6.07) is 5.78. The zero-order chi connectivity index (χ0) is 17.1. The number of aromatic nitrogens is 2. The maximum Gasteiger partial charge on any atom is 0.222 e. The van der Waals surface area contributed by atoms with Crippen LogP contribution in [0.2, 0.25) is 0 Å². The molecule has 0 aromatic carbocycles. The van der Waals surface area contributed by atoms with Gasteiger partial charge in [0.1, 0.15) is 5.76 Å². The molecular formula is C18H23N3O3. The molecule has 2 aromatic heterocycles. The Kier molecular flexibility index (Phi) is 4.94. The molecular weight excluding hydrogens is 306 g/mol. The lowest BCUT2D eigenvalue weighted by Crippen LogP contribution is -2.29. The van der Waals surface area contributed by atoms with Crippen molar-refractivity contribution in [3.05, 3.63) is 47.1 Å². The summed E-state index contributed by atoms with van der Waals surface area (Å²) in [5.74, 6) is 1.02. The van der Waals surface area contributed by atoms with Crippen molar-refractivity contribution >= 4 is 5.91 Å². The first-order valence-corrected chi connectivity index (χ1v) is 8.31. The lowest BCUT2D eigenvalue weighted by atomic mass is 9.93. The second-order valence-corrected chi connectivity index (χ2v) is 6.41. The van der Waals surface area contributed by atoms with E-state index in [0.717, 1.165) is 22.7 Å². The van der Waals surface area contributed by atoms with Gasteiger partial charge < -0.3 is 14.5 Å². The van der Waals surface area contributed by atoms with Gasteiger partial charge in [0.2, 0.25) is 5.91 Å². The molecule has 0 saturated carbocycles. The number of rotatable bonds is 5. The number of carbonyl (C=O) groups is 1. The van der Waals surface area contributed by atoms with Gasteiger partial charge in [0, 0.05) is 55.4 Å².